The molecule has 0 bridgehead atoms. The van der Waals surface area contributed by atoms with E-state index in [0.29, 0.717) is 12.1 Å². The van der Waals surface area contributed by atoms with Crippen molar-refractivity contribution in [3.63, 3.8) is 0 Å². The molecule has 6 nitrogen and oxygen atoms in total. The second-order valence-corrected chi connectivity index (χ2v) is 7.80. The summed E-state index contributed by atoms with van der Waals surface area (Å²) < 4.78 is 0. The molecule has 2 aliphatic heterocycles. The zero-order valence-corrected chi connectivity index (χ0v) is 16.5. The molecular weight excluding hydrogens is 366 g/mol. The Labute approximate surface area is 171 Å². The number of carbonyl (C=O) groups excluding carboxylic acids is 2. The van der Waals surface area contributed by atoms with Crippen molar-refractivity contribution in [2.45, 2.75) is 25.7 Å². The molecule has 0 aromatic heterocycles. The smallest absolute Gasteiger partial charge is 0.228 e. The fraction of sp³-hybridized carbons (Fsp3) is 0.391. The number of carbonyl (C=O) groups is 2. The Morgan fingerprint density at radius 2 is 1.72 bits per heavy atom. The lowest BCUT2D eigenvalue weighted by Gasteiger charge is -2.31. The van der Waals surface area contributed by atoms with E-state index in [9.17, 15) is 14.7 Å². The third-order valence-corrected chi connectivity index (χ3v) is 5.95. The summed E-state index contributed by atoms with van der Waals surface area (Å²) in [5.41, 5.74) is 2.76. The maximum atomic E-state index is 12.7. The molecule has 2 N–H and O–H groups in total. The molecule has 2 aromatic carbocycles. The first-order valence-electron chi connectivity index (χ1n) is 10.3. The van der Waals surface area contributed by atoms with E-state index in [1.807, 2.05) is 23.1 Å². The van der Waals surface area contributed by atoms with Gasteiger partial charge < -0.3 is 20.2 Å². The highest BCUT2D eigenvalue weighted by atomic mass is 16.3. The molecule has 0 unspecified atom stereocenters. The van der Waals surface area contributed by atoms with Gasteiger partial charge in [0.1, 0.15) is 5.75 Å². The first-order chi connectivity index (χ1) is 14.1. The number of benzene rings is 2. The van der Waals surface area contributed by atoms with Gasteiger partial charge in [0, 0.05) is 31.1 Å². The molecule has 0 spiro atoms. The third kappa shape index (κ3) is 4.43. The quantitative estimate of drug-likeness (QED) is 0.766. The number of piperidine rings is 1. The van der Waals surface area contributed by atoms with E-state index in [2.05, 4.69) is 16.3 Å². The number of likely N-dealkylation sites (tertiary alicyclic amines) is 1. The summed E-state index contributed by atoms with van der Waals surface area (Å²) in [6.07, 6.45) is 2.96. The molecule has 0 atom stereocenters. The highest BCUT2D eigenvalue weighted by Gasteiger charge is 2.27. The molecule has 6 heteroatoms. The summed E-state index contributed by atoms with van der Waals surface area (Å²) >= 11 is 0. The summed E-state index contributed by atoms with van der Waals surface area (Å²) in [5, 5.41) is 12.6. The van der Waals surface area contributed by atoms with Gasteiger partial charge in [-0.05, 0) is 56.1 Å². The van der Waals surface area contributed by atoms with Gasteiger partial charge in [-0.1, -0.05) is 30.3 Å². The summed E-state index contributed by atoms with van der Waals surface area (Å²) in [6, 6.07) is 14.9. The predicted octanol–water partition coefficient (Wildman–Crippen LogP) is 3.02. The minimum Gasteiger partial charge on any atom is -0.506 e. The van der Waals surface area contributed by atoms with Gasteiger partial charge in [-0.2, -0.15) is 0 Å². The Balaban J connectivity index is 1.23. The Hall–Kier alpha value is -2.86. The van der Waals surface area contributed by atoms with Crippen LogP contribution in [0.3, 0.4) is 0 Å². The minimum absolute atomic E-state index is 0.0455. The molecule has 29 heavy (non-hydrogen) atoms. The fourth-order valence-electron chi connectivity index (χ4n) is 4.22. The fourth-order valence-corrected chi connectivity index (χ4v) is 4.22. The van der Waals surface area contributed by atoms with E-state index in [0.717, 1.165) is 51.1 Å². The topological polar surface area (TPSA) is 72.9 Å². The number of phenols is 1. The van der Waals surface area contributed by atoms with Crippen molar-refractivity contribution >= 4 is 23.2 Å². The van der Waals surface area contributed by atoms with Crippen LogP contribution in [0.1, 0.15) is 24.8 Å². The highest BCUT2D eigenvalue weighted by Crippen LogP contribution is 2.28. The van der Waals surface area contributed by atoms with E-state index < -0.39 is 0 Å². The number of hydrogen-bond donors (Lipinski definition) is 2. The Morgan fingerprint density at radius 3 is 2.52 bits per heavy atom. The zero-order chi connectivity index (χ0) is 20.2. The number of aromatic hydroxyl groups is 1. The molecule has 1 saturated heterocycles. The number of nitrogens with one attached hydrogen (secondary N) is 1. The maximum Gasteiger partial charge on any atom is 0.228 e. The normalized spacial score (nSPS) is 17.2. The summed E-state index contributed by atoms with van der Waals surface area (Å²) in [7, 11) is 0. The van der Waals surface area contributed by atoms with Gasteiger partial charge in [-0.25, -0.2) is 0 Å². The van der Waals surface area contributed by atoms with Gasteiger partial charge in [0.2, 0.25) is 11.8 Å². The van der Waals surface area contributed by atoms with Gasteiger partial charge in [-0.3, -0.25) is 9.59 Å². The second kappa shape index (κ2) is 8.66. The molecule has 2 heterocycles. The van der Waals surface area contributed by atoms with Crippen molar-refractivity contribution < 1.29 is 14.7 Å². The number of hydrogen-bond acceptors (Lipinski definition) is 4. The van der Waals surface area contributed by atoms with Crippen LogP contribution in [0.2, 0.25) is 0 Å². The molecule has 0 aliphatic carbocycles. The van der Waals surface area contributed by atoms with E-state index >= 15 is 0 Å². The number of para-hydroxylation sites is 3. The van der Waals surface area contributed by atoms with Gasteiger partial charge in [0.15, 0.2) is 0 Å². The number of amides is 2. The van der Waals surface area contributed by atoms with Crippen LogP contribution in [0.25, 0.3) is 0 Å². The van der Waals surface area contributed by atoms with Crippen LogP contribution in [0.15, 0.2) is 48.5 Å². The Kier molecular flexibility index (Phi) is 5.81. The molecule has 0 radical (unpaired) electrons. The summed E-state index contributed by atoms with van der Waals surface area (Å²) in [6.45, 7) is 3.11. The SMILES string of the molecule is O=C(Nc1ccccc1O)C1CCN(CCC(=O)N2CCc3ccccc32)CC1. The number of nitrogens with zero attached hydrogens (tertiary/aromatic N) is 2. The van der Waals surface area contributed by atoms with E-state index in [4.69, 9.17) is 0 Å². The summed E-state index contributed by atoms with van der Waals surface area (Å²) in [4.78, 5) is 29.3. The largest absolute Gasteiger partial charge is 0.506 e. The van der Waals surface area contributed by atoms with Crippen molar-refractivity contribution in [1.29, 1.82) is 0 Å². The zero-order valence-electron chi connectivity index (χ0n) is 16.5. The van der Waals surface area contributed by atoms with Gasteiger partial charge >= 0.3 is 0 Å². The third-order valence-electron chi connectivity index (χ3n) is 5.95. The van der Waals surface area contributed by atoms with Crippen LogP contribution in [0, 0.1) is 5.92 Å². The van der Waals surface area contributed by atoms with Crippen LogP contribution >= 0.6 is 0 Å². The number of phenolic OH excluding ortho intramolecular Hbond substituents is 1. The van der Waals surface area contributed by atoms with Gasteiger partial charge in [0.25, 0.3) is 0 Å². The van der Waals surface area contributed by atoms with Gasteiger partial charge in [0.05, 0.1) is 5.69 Å². The van der Waals surface area contributed by atoms with Crippen LogP contribution < -0.4 is 10.2 Å². The van der Waals surface area contributed by atoms with Crippen molar-refractivity contribution in [3.05, 3.63) is 54.1 Å². The molecule has 1 fully saturated rings. The van der Waals surface area contributed by atoms with Gasteiger partial charge in [-0.15, -0.1) is 0 Å². The van der Waals surface area contributed by atoms with Crippen LogP contribution in [-0.4, -0.2) is 48.0 Å². The molecule has 2 aromatic rings. The van der Waals surface area contributed by atoms with Crippen LogP contribution in [-0.2, 0) is 16.0 Å². The van der Waals surface area contributed by atoms with Crippen molar-refractivity contribution in [2.75, 3.05) is 36.4 Å². The van der Waals surface area contributed by atoms with E-state index in [1.54, 1.807) is 24.3 Å². The molecule has 0 saturated carbocycles. The lowest BCUT2D eigenvalue weighted by Crippen LogP contribution is -2.40. The first-order valence-corrected chi connectivity index (χ1v) is 10.3. The van der Waals surface area contributed by atoms with Crippen LogP contribution in [0.5, 0.6) is 5.75 Å². The first kappa shape index (κ1) is 19.5. The monoisotopic (exact) mass is 393 g/mol. The molecule has 152 valence electrons. The molecule has 4 rings (SSSR count). The number of rotatable bonds is 5. The highest BCUT2D eigenvalue weighted by molar-refractivity contribution is 5.95. The lowest BCUT2D eigenvalue weighted by atomic mass is 9.95. The van der Waals surface area contributed by atoms with E-state index in [-0.39, 0.29) is 23.5 Å². The summed E-state index contributed by atoms with van der Waals surface area (Å²) in [5.74, 6) is 0.151. The van der Waals surface area contributed by atoms with Crippen molar-refractivity contribution in [3.8, 4) is 5.75 Å². The molecule has 2 aliphatic rings. The average Bonchev–Trinajstić information content (AvgIpc) is 3.18. The number of anilines is 2. The second-order valence-electron chi connectivity index (χ2n) is 7.80. The number of fused-ring (bicyclic) bond motifs is 1. The Morgan fingerprint density at radius 1 is 1.00 bits per heavy atom. The van der Waals surface area contributed by atoms with E-state index in [1.165, 1.54) is 5.56 Å². The average molecular weight is 393 g/mol. The van der Waals surface area contributed by atoms with Crippen molar-refractivity contribution in [1.82, 2.24) is 4.90 Å². The Bertz CT molecular complexity index is 890. The van der Waals surface area contributed by atoms with Crippen molar-refractivity contribution in [2.24, 2.45) is 5.92 Å². The predicted molar refractivity (Wildman–Crippen MR) is 113 cm³/mol. The maximum absolute atomic E-state index is 12.7. The minimum atomic E-state index is -0.0629. The van der Waals surface area contributed by atoms with Crippen LogP contribution in [0.4, 0.5) is 11.4 Å². The standard InChI is InChI=1S/C23H27N3O3/c27-21-8-4-2-6-19(21)24-23(29)18-9-13-25(14-10-18)15-12-22(28)26-16-11-17-5-1-3-7-20(17)26/h1-8,18,27H,9-16H2,(H,24,29). The molecule has 2 amide bonds. The lowest BCUT2D eigenvalue weighted by molar-refractivity contribution is -0.122. The molecular formula is C23H27N3O3.